The Labute approximate surface area is 238 Å². The third-order valence-corrected chi connectivity index (χ3v) is 7.84. The van der Waals surface area contributed by atoms with Gasteiger partial charge in [-0.25, -0.2) is 14.4 Å². The predicted octanol–water partition coefficient (Wildman–Crippen LogP) is 5.32. The highest BCUT2D eigenvalue weighted by atomic mass is 19.1. The number of aryl methyl sites for hydroxylation is 1. The van der Waals surface area contributed by atoms with E-state index in [0.29, 0.717) is 44.3 Å². The number of pyridine rings is 1. The van der Waals surface area contributed by atoms with E-state index in [4.69, 9.17) is 10.6 Å². The molecule has 0 bridgehead atoms. The Morgan fingerprint density at radius 1 is 1.05 bits per heavy atom. The van der Waals surface area contributed by atoms with E-state index in [1.807, 2.05) is 60.4 Å². The number of oxime groups is 1. The van der Waals surface area contributed by atoms with E-state index in [1.165, 1.54) is 6.07 Å². The molecule has 2 aliphatic rings. The summed E-state index contributed by atoms with van der Waals surface area (Å²) in [6.45, 7) is 3.11. The van der Waals surface area contributed by atoms with E-state index < -0.39 is 0 Å². The van der Waals surface area contributed by atoms with Crippen LogP contribution in [0.4, 0.5) is 10.3 Å². The molecule has 1 fully saturated rings. The smallest absolute Gasteiger partial charge is 0.253 e. The summed E-state index contributed by atoms with van der Waals surface area (Å²) in [5.74, 6) is -0.0852. The van der Waals surface area contributed by atoms with Crippen LogP contribution in [0.2, 0.25) is 0 Å². The summed E-state index contributed by atoms with van der Waals surface area (Å²) in [7, 11) is 0. The molecular weight excluding hydrogens is 519 g/mol. The number of hydrogen-bond acceptors (Lipinski definition) is 7. The molecule has 4 aromatic rings. The van der Waals surface area contributed by atoms with E-state index in [2.05, 4.69) is 20.1 Å². The van der Waals surface area contributed by atoms with Gasteiger partial charge in [0.15, 0.2) is 0 Å². The van der Waals surface area contributed by atoms with Crippen molar-refractivity contribution in [2.45, 2.75) is 44.6 Å². The molecule has 8 nitrogen and oxygen atoms in total. The molecule has 1 aliphatic carbocycles. The Balaban J connectivity index is 1.25. The topological polar surface area (TPSA) is 107 Å². The van der Waals surface area contributed by atoms with Gasteiger partial charge in [-0.3, -0.25) is 9.78 Å². The fourth-order valence-electron chi connectivity index (χ4n) is 5.84. The number of nitrogens with two attached hydrogens (primary N) is 1. The molecule has 1 unspecified atom stereocenters. The minimum Gasteiger partial charge on any atom is -0.392 e. The minimum atomic E-state index is -0.305. The van der Waals surface area contributed by atoms with Crippen LogP contribution in [0.15, 0.2) is 78.2 Å². The largest absolute Gasteiger partial charge is 0.392 e. The molecule has 41 heavy (non-hydrogen) atoms. The number of carbonyl (C=O) groups excluding carboxylic acids is 1. The van der Waals surface area contributed by atoms with Gasteiger partial charge in [0.1, 0.15) is 11.9 Å². The SMILES string of the molecule is Cc1nc(N)nc2c1/C(=N/OC1CCN(C(=O)c3ccccc3)CC1)CC(c1ccc(F)cc1-c1cccnc1)C2. The maximum atomic E-state index is 14.4. The van der Waals surface area contributed by atoms with Crippen molar-refractivity contribution < 1.29 is 14.0 Å². The first kappa shape index (κ1) is 26.6. The number of halogens is 1. The molecule has 0 radical (unpaired) electrons. The van der Waals surface area contributed by atoms with Gasteiger partial charge in [0, 0.05) is 61.4 Å². The average Bonchev–Trinajstić information content (AvgIpc) is 3.00. The fraction of sp³-hybridized carbons (Fsp3) is 0.281. The number of rotatable bonds is 5. The van der Waals surface area contributed by atoms with Gasteiger partial charge in [-0.2, -0.15) is 0 Å². The number of carbonyl (C=O) groups is 1. The van der Waals surface area contributed by atoms with Gasteiger partial charge in [0.2, 0.25) is 5.95 Å². The molecule has 0 saturated carbocycles. The quantitative estimate of drug-likeness (QED) is 0.337. The lowest BCUT2D eigenvalue weighted by molar-refractivity contribution is 0.0113. The second kappa shape index (κ2) is 11.4. The van der Waals surface area contributed by atoms with Gasteiger partial charge in [-0.15, -0.1) is 0 Å². The van der Waals surface area contributed by atoms with Gasteiger partial charge in [0.25, 0.3) is 5.91 Å². The number of piperidine rings is 1. The van der Waals surface area contributed by atoms with Gasteiger partial charge in [-0.05, 0) is 60.7 Å². The zero-order valence-corrected chi connectivity index (χ0v) is 22.8. The van der Waals surface area contributed by atoms with Crippen molar-refractivity contribution in [3.63, 3.8) is 0 Å². The fourth-order valence-corrected chi connectivity index (χ4v) is 5.84. The molecule has 208 valence electrons. The number of hydrogen-bond donors (Lipinski definition) is 1. The average molecular weight is 551 g/mol. The molecule has 6 rings (SSSR count). The van der Waals surface area contributed by atoms with Crippen LogP contribution in [0, 0.1) is 12.7 Å². The van der Waals surface area contributed by atoms with Crippen LogP contribution in [0.5, 0.6) is 0 Å². The normalized spacial score (nSPS) is 18.2. The summed E-state index contributed by atoms with van der Waals surface area (Å²) >= 11 is 0. The number of nitrogen functional groups attached to an aromatic ring is 1. The second-order valence-corrected chi connectivity index (χ2v) is 10.6. The zero-order chi connectivity index (χ0) is 28.3. The van der Waals surface area contributed by atoms with E-state index in [1.54, 1.807) is 18.5 Å². The molecule has 3 heterocycles. The first-order valence-corrected chi connectivity index (χ1v) is 13.9. The van der Waals surface area contributed by atoms with Gasteiger partial charge >= 0.3 is 0 Å². The minimum absolute atomic E-state index is 0.0281. The molecular formula is C32H31FN6O2. The van der Waals surface area contributed by atoms with E-state index in [0.717, 1.165) is 39.4 Å². The van der Waals surface area contributed by atoms with Gasteiger partial charge in [0.05, 0.1) is 17.1 Å². The highest BCUT2D eigenvalue weighted by molar-refractivity contribution is 6.03. The maximum absolute atomic E-state index is 14.4. The van der Waals surface area contributed by atoms with Crippen LogP contribution >= 0.6 is 0 Å². The Kier molecular flexibility index (Phi) is 7.41. The molecule has 0 spiro atoms. The summed E-state index contributed by atoms with van der Waals surface area (Å²) < 4.78 is 14.4. The maximum Gasteiger partial charge on any atom is 0.253 e. The molecule has 2 aromatic heterocycles. The van der Waals surface area contributed by atoms with Crippen LogP contribution in [-0.4, -0.2) is 50.7 Å². The van der Waals surface area contributed by atoms with E-state index in [-0.39, 0.29) is 29.7 Å². The second-order valence-electron chi connectivity index (χ2n) is 10.6. The number of benzene rings is 2. The summed E-state index contributed by atoms with van der Waals surface area (Å²) in [5.41, 5.74) is 12.5. The van der Waals surface area contributed by atoms with Crippen LogP contribution in [0.3, 0.4) is 0 Å². The Morgan fingerprint density at radius 2 is 1.85 bits per heavy atom. The number of nitrogens with zero attached hydrogens (tertiary/aromatic N) is 5. The lowest BCUT2D eigenvalue weighted by atomic mass is 9.78. The van der Waals surface area contributed by atoms with Crippen LogP contribution < -0.4 is 5.73 Å². The van der Waals surface area contributed by atoms with Crippen molar-refractivity contribution in [2.75, 3.05) is 18.8 Å². The lowest BCUT2D eigenvalue weighted by Gasteiger charge is -2.31. The van der Waals surface area contributed by atoms with Crippen molar-refractivity contribution in [1.29, 1.82) is 0 Å². The highest BCUT2D eigenvalue weighted by Crippen LogP contribution is 2.38. The molecule has 1 amide bonds. The number of amides is 1. The molecule has 2 aromatic carbocycles. The Hall–Kier alpha value is -4.66. The first-order chi connectivity index (χ1) is 20.0. The monoisotopic (exact) mass is 550 g/mol. The van der Waals surface area contributed by atoms with Gasteiger partial charge in [-0.1, -0.05) is 35.5 Å². The third kappa shape index (κ3) is 5.66. The zero-order valence-electron chi connectivity index (χ0n) is 22.8. The summed E-state index contributed by atoms with van der Waals surface area (Å²) in [4.78, 5) is 34.0. The molecule has 1 aliphatic heterocycles. The van der Waals surface area contributed by atoms with Crippen molar-refractivity contribution in [2.24, 2.45) is 5.16 Å². The van der Waals surface area contributed by atoms with Crippen LogP contribution in [-0.2, 0) is 11.3 Å². The summed E-state index contributed by atoms with van der Waals surface area (Å²) in [6, 6.07) is 18.0. The molecule has 2 N–H and O–H groups in total. The van der Waals surface area contributed by atoms with Crippen LogP contribution in [0.1, 0.15) is 58.1 Å². The van der Waals surface area contributed by atoms with Crippen molar-refractivity contribution in [1.82, 2.24) is 19.9 Å². The van der Waals surface area contributed by atoms with E-state index in [9.17, 15) is 9.18 Å². The lowest BCUT2D eigenvalue weighted by Crippen LogP contribution is -2.40. The third-order valence-electron chi connectivity index (χ3n) is 7.84. The number of fused-ring (bicyclic) bond motifs is 1. The highest BCUT2D eigenvalue weighted by Gasteiger charge is 2.31. The van der Waals surface area contributed by atoms with Crippen LogP contribution in [0.25, 0.3) is 11.1 Å². The number of aromatic nitrogens is 3. The Bertz CT molecular complexity index is 1590. The van der Waals surface area contributed by atoms with Crippen molar-refractivity contribution in [3.8, 4) is 11.1 Å². The predicted molar refractivity (Wildman–Crippen MR) is 155 cm³/mol. The Morgan fingerprint density at radius 3 is 2.61 bits per heavy atom. The van der Waals surface area contributed by atoms with Crippen molar-refractivity contribution in [3.05, 3.63) is 107 Å². The van der Waals surface area contributed by atoms with Gasteiger partial charge < -0.3 is 15.5 Å². The van der Waals surface area contributed by atoms with Crippen molar-refractivity contribution >= 4 is 17.6 Å². The van der Waals surface area contributed by atoms with E-state index >= 15 is 0 Å². The number of likely N-dealkylation sites (tertiary alicyclic amines) is 1. The molecule has 9 heteroatoms. The molecule has 1 atom stereocenters. The summed E-state index contributed by atoms with van der Waals surface area (Å²) in [6.07, 6.45) is 5.89. The summed E-state index contributed by atoms with van der Waals surface area (Å²) in [5, 5.41) is 4.67. The number of anilines is 1. The standard InChI is InChI=1S/C32H31FN6O2/c1-20-30-28(37-32(34)36-20)16-23(26-10-9-24(33)18-27(26)22-8-5-13-35-19-22)17-29(30)38-41-25-11-14-39(15-12-25)31(40)21-6-3-2-4-7-21/h2-10,13,18-19,23,25H,11-12,14-17H2,1H3,(H2,34,36,37)/b38-29+. The molecule has 1 saturated heterocycles. The first-order valence-electron chi connectivity index (χ1n) is 13.9.